The van der Waals surface area contributed by atoms with Gasteiger partial charge in [0.05, 0.1) is 11.1 Å². The molecule has 13 heteroatoms. The van der Waals surface area contributed by atoms with Gasteiger partial charge in [0.15, 0.2) is 0 Å². The van der Waals surface area contributed by atoms with Crippen LogP contribution in [0.3, 0.4) is 0 Å². The van der Waals surface area contributed by atoms with Crippen molar-refractivity contribution in [3.8, 4) is 5.88 Å². The average Bonchev–Trinajstić information content (AvgIpc) is 2.91. The number of aromatic nitrogens is 2. The summed E-state index contributed by atoms with van der Waals surface area (Å²) in [6, 6.07) is 1.55. The number of fused-ring (bicyclic) bond motifs is 1. The number of hydrogen-bond donors (Lipinski definition) is 1. The Balaban J connectivity index is 0.00000341. The maximum absolute atomic E-state index is 13.0. The maximum atomic E-state index is 13.0. The number of hydrogen-bond acceptors (Lipinski definition) is 7. The summed E-state index contributed by atoms with van der Waals surface area (Å²) in [5.41, 5.74) is -1.84. The molecule has 0 bridgehead atoms. The molecular formula is C18H17Br2CuN5O5+2. The first-order valence-electron chi connectivity index (χ1n) is 8.76. The van der Waals surface area contributed by atoms with Gasteiger partial charge < -0.3 is 5.11 Å². The topological polar surface area (TPSA) is 126 Å². The fourth-order valence-corrected chi connectivity index (χ4v) is 4.43. The maximum Gasteiger partial charge on any atom is 2.00 e. The Morgan fingerprint density at radius 2 is 1.48 bits per heavy atom. The summed E-state index contributed by atoms with van der Waals surface area (Å²) in [5.74, 6) is -1.59. The Morgan fingerprint density at radius 1 is 0.935 bits per heavy atom. The van der Waals surface area contributed by atoms with Gasteiger partial charge in [0.25, 0.3) is 17.4 Å². The largest absolute Gasteiger partial charge is 2.00 e. The quantitative estimate of drug-likeness (QED) is 0.325. The van der Waals surface area contributed by atoms with Crippen molar-refractivity contribution in [3.05, 3.63) is 47.0 Å². The molecule has 0 aliphatic carbocycles. The SMILES string of the molecule is CC(C)CN1C(=O)c2c(Br)cc(Br)c(N=Nc3c(O)n(C)c(=O)n(C)c3=O)c2C1=O.[Cu+2]. The molecule has 31 heavy (non-hydrogen) atoms. The van der Waals surface area contributed by atoms with E-state index in [0.29, 0.717) is 8.95 Å². The van der Waals surface area contributed by atoms with E-state index in [4.69, 9.17) is 0 Å². The molecule has 1 aromatic heterocycles. The first-order chi connectivity index (χ1) is 14.0. The van der Waals surface area contributed by atoms with Crippen molar-refractivity contribution in [2.45, 2.75) is 13.8 Å². The van der Waals surface area contributed by atoms with Crippen molar-refractivity contribution in [3.63, 3.8) is 0 Å². The molecule has 1 aromatic carbocycles. The van der Waals surface area contributed by atoms with E-state index >= 15 is 0 Å². The van der Waals surface area contributed by atoms with Crippen LogP contribution in [0, 0.1) is 5.92 Å². The predicted octanol–water partition coefficient (Wildman–Crippen LogP) is 2.98. The van der Waals surface area contributed by atoms with Gasteiger partial charge in [0.1, 0.15) is 5.69 Å². The summed E-state index contributed by atoms with van der Waals surface area (Å²) in [7, 11) is 2.51. The minimum Gasteiger partial charge on any atom is -0.493 e. The molecule has 2 aromatic rings. The number of carbonyl (C=O) groups is 2. The summed E-state index contributed by atoms with van der Waals surface area (Å²) in [6.45, 7) is 4.00. The van der Waals surface area contributed by atoms with Gasteiger partial charge in [-0.15, -0.1) is 10.2 Å². The van der Waals surface area contributed by atoms with Gasteiger partial charge in [-0.3, -0.25) is 28.4 Å². The van der Waals surface area contributed by atoms with E-state index in [1.165, 1.54) is 14.1 Å². The molecule has 0 saturated carbocycles. The first-order valence-corrected chi connectivity index (χ1v) is 10.3. The van der Waals surface area contributed by atoms with Crippen molar-refractivity contribution in [1.82, 2.24) is 14.0 Å². The van der Waals surface area contributed by atoms with Crippen molar-refractivity contribution in [2.75, 3.05) is 6.54 Å². The second-order valence-corrected chi connectivity index (χ2v) is 8.84. The smallest absolute Gasteiger partial charge is 0.493 e. The summed E-state index contributed by atoms with van der Waals surface area (Å²) in [4.78, 5) is 51.1. The molecule has 0 spiro atoms. The van der Waals surface area contributed by atoms with Crippen LogP contribution in [-0.2, 0) is 31.2 Å². The zero-order chi connectivity index (χ0) is 22.5. The van der Waals surface area contributed by atoms with Crippen LogP contribution in [-0.4, -0.2) is 37.5 Å². The molecule has 1 aliphatic rings. The Kier molecular flexibility index (Phi) is 7.47. The number of imide groups is 1. The molecule has 1 radical (unpaired) electrons. The molecule has 2 heterocycles. The number of benzene rings is 1. The van der Waals surface area contributed by atoms with E-state index < -0.39 is 34.6 Å². The molecule has 0 unspecified atom stereocenters. The average molecular weight is 607 g/mol. The van der Waals surface area contributed by atoms with Crippen LogP contribution in [0.1, 0.15) is 34.6 Å². The van der Waals surface area contributed by atoms with Crippen molar-refractivity contribution in [2.24, 2.45) is 30.2 Å². The number of carbonyl (C=O) groups excluding carboxylic acids is 2. The van der Waals surface area contributed by atoms with E-state index in [-0.39, 0.29) is 46.3 Å². The normalized spacial score (nSPS) is 13.3. The molecule has 10 nitrogen and oxygen atoms in total. The minimum atomic E-state index is -0.854. The second-order valence-electron chi connectivity index (χ2n) is 7.13. The van der Waals surface area contributed by atoms with Gasteiger partial charge in [-0.2, -0.15) is 0 Å². The van der Waals surface area contributed by atoms with Crippen molar-refractivity contribution < 1.29 is 31.8 Å². The molecule has 0 atom stereocenters. The van der Waals surface area contributed by atoms with Gasteiger partial charge >= 0.3 is 22.8 Å². The van der Waals surface area contributed by atoms with Crippen LogP contribution < -0.4 is 11.2 Å². The van der Waals surface area contributed by atoms with Crippen molar-refractivity contribution in [1.29, 1.82) is 0 Å². The molecule has 3 rings (SSSR count). The second kappa shape index (κ2) is 9.19. The molecular weight excluding hydrogens is 590 g/mol. The van der Waals surface area contributed by atoms with E-state index in [9.17, 15) is 24.3 Å². The van der Waals surface area contributed by atoms with Gasteiger partial charge in [0, 0.05) is 29.6 Å². The first kappa shape index (κ1) is 25.2. The summed E-state index contributed by atoms with van der Waals surface area (Å²) >= 11 is 6.61. The molecule has 167 valence electrons. The number of aromatic hydroxyl groups is 1. The molecule has 1 aliphatic heterocycles. The third-order valence-corrected chi connectivity index (χ3v) is 5.76. The zero-order valence-corrected chi connectivity index (χ0v) is 20.8. The van der Waals surface area contributed by atoms with Crippen molar-refractivity contribution >= 4 is 55.0 Å². The Labute approximate surface area is 203 Å². The fourth-order valence-electron chi connectivity index (χ4n) is 3.02. The third-order valence-electron chi connectivity index (χ3n) is 4.53. The Hall–Kier alpha value is -2.08. The molecule has 0 fully saturated rings. The number of halogens is 2. The van der Waals surface area contributed by atoms with E-state index in [1.807, 2.05) is 13.8 Å². The van der Waals surface area contributed by atoms with Crippen LogP contribution in [0.25, 0.3) is 0 Å². The van der Waals surface area contributed by atoms with Crippen LogP contribution in [0.4, 0.5) is 11.4 Å². The van der Waals surface area contributed by atoms with E-state index in [0.717, 1.165) is 14.0 Å². The fraction of sp³-hybridized carbons (Fsp3) is 0.333. The third kappa shape index (κ3) is 4.19. The number of nitrogens with zero attached hydrogens (tertiary/aromatic N) is 5. The summed E-state index contributed by atoms with van der Waals surface area (Å²) in [5, 5.41) is 17.9. The standard InChI is InChI=1S/C18H17Br2N5O5.Cu/c1-7(2)6-25-14(26)10-8(19)5-9(20)12(11(10)15(25)27)21-22-13-16(28)23(3)18(30)24(4)17(13)29;/h5,7,28H,6H2,1-4H3;/q;+2. The summed E-state index contributed by atoms with van der Waals surface area (Å²) in [6.07, 6.45) is 0. The Morgan fingerprint density at radius 3 is 2.06 bits per heavy atom. The number of azo groups is 1. The zero-order valence-electron chi connectivity index (χ0n) is 16.7. The predicted molar refractivity (Wildman–Crippen MR) is 115 cm³/mol. The Bertz CT molecular complexity index is 1250. The van der Waals surface area contributed by atoms with Crippen LogP contribution in [0.2, 0.25) is 0 Å². The van der Waals surface area contributed by atoms with E-state index in [2.05, 4.69) is 42.1 Å². The number of rotatable bonds is 4. The molecule has 1 N–H and O–H groups in total. The summed E-state index contributed by atoms with van der Waals surface area (Å²) < 4.78 is 2.38. The monoisotopic (exact) mass is 604 g/mol. The van der Waals surface area contributed by atoms with Gasteiger partial charge in [0.2, 0.25) is 11.6 Å². The van der Waals surface area contributed by atoms with Crippen LogP contribution in [0.15, 0.2) is 34.8 Å². The van der Waals surface area contributed by atoms with Crippen LogP contribution in [0.5, 0.6) is 5.88 Å². The van der Waals surface area contributed by atoms with Gasteiger partial charge in [-0.05, 0) is 43.8 Å². The minimum absolute atomic E-state index is 0. The molecule has 2 amide bonds. The van der Waals surface area contributed by atoms with E-state index in [1.54, 1.807) is 6.07 Å². The number of amides is 2. The van der Waals surface area contributed by atoms with Gasteiger partial charge in [-0.1, -0.05) is 13.8 Å². The van der Waals surface area contributed by atoms with Crippen LogP contribution >= 0.6 is 31.9 Å². The molecule has 0 saturated heterocycles. The van der Waals surface area contributed by atoms with Gasteiger partial charge in [-0.25, -0.2) is 4.79 Å².